The third-order valence-electron chi connectivity index (χ3n) is 4.65. The number of carbonyl (C=O) groups is 2. The lowest BCUT2D eigenvalue weighted by molar-refractivity contribution is -0.149. The van der Waals surface area contributed by atoms with Crippen molar-refractivity contribution in [3.05, 3.63) is 53.1 Å². The quantitative estimate of drug-likeness (QED) is 0.495. The number of phenols is 2. The molecule has 130 valence electrons. The van der Waals surface area contributed by atoms with Crippen LogP contribution in [-0.2, 0) is 14.9 Å². The highest BCUT2D eigenvalue weighted by Crippen LogP contribution is 2.44. The number of phenolic OH excluding ortho intramolecular Hbond substituents is 2. The fourth-order valence-corrected chi connectivity index (χ4v) is 3.32. The number of hydrogen-bond acceptors (Lipinski definition) is 6. The van der Waals surface area contributed by atoms with Gasteiger partial charge in [0.05, 0.1) is 12.7 Å². The Kier molecular flexibility index (Phi) is 3.91. The van der Waals surface area contributed by atoms with Gasteiger partial charge in [-0.3, -0.25) is 9.59 Å². The van der Waals surface area contributed by atoms with Crippen molar-refractivity contribution in [1.29, 1.82) is 0 Å². The van der Waals surface area contributed by atoms with Crippen LogP contribution in [0.4, 0.5) is 0 Å². The number of ether oxygens (including phenoxy) is 2. The smallest absolute Gasteiger partial charge is 0.328 e. The zero-order chi connectivity index (χ0) is 18.4. The average molecular weight is 342 g/mol. The SMILES string of the molecule is COC(=O)[C@@]1(c2cc(C)c(O)c(O)c2)C(=O)c2ccccc2O[C@H]1C. The number of fused-ring (bicyclic) bond motifs is 1. The van der Waals surface area contributed by atoms with Gasteiger partial charge in [0.25, 0.3) is 0 Å². The predicted molar refractivity (Wildman–Crippen MR) is 89.1 cm³/mol. The Morgan fingerprint density at radius 2 is 1.92 bits per heavy atom. The minimum atomic E-state index is -1.78. The Morgan fingerprint density at radius 1 is 1.24 bits per heavy atom. The van der Waals surface area contributed by atoms with Gasteiger partial charge in [-0.2, -0.15) is 0 Å². The maximum Gasteiger partial charge on any atom is 0.328 e. The van der Waals surface area contributed by atoms with Crippen molar-refractivity contribution < 1.29 is 29.3 Å². The molecule has 6 heteroatoms. The molecule has 0 saturated heterocycles. The molecule has 6 nitrogen and oxygen atoms in total. The Morgan fingerprint density at radius 3 is 2.56 bits per heavy atom. The van der Waals surface area contributed by atoms with E-state index in [0.29, 0.717) is 11.3 Å². The van der Waals surface area contributed by atoms with Gasteiger partial charge >= 0.3 is 5.97 Å². The summed E-state index contributed by atoms with van der Waals surface area (Å²) in [5.74, 6) is -1.60. The molecule has 1 aliphatic heterocycles. The second-order valence-electron chi connectivity index (χ2n) is 6.05. The fraction of sp³-hybridized carbons (Fsp3) is 0.263. The minimum Gasteiger partial charge on any atom is -0.504 e. The molecule has 0 aliphatic carbocycles. The number of rotatable bonds is 2. The summed E-state index contributed by atoms with van der Waals surface area (Å²) in [7, 11) is 1.19. The highest BCUT2D eigenvalue weighted by Gasteiger charge is 2.58. The molecule has 2 atom stereocenters. The van der Waals surface area contributed by atoms with Crippen LogP contribution in [0.3, 0.4) is 0 Å². The molecule has 0 saturated carbocycles. The van der Waals surface area contributed by atoms with Gasteiger partial charge in [-0.05, 0) is 43.2 Å². The van der Waals surface area contributed by atoms with Gasteiger partial charge in [0.1, 0.15) is 11.9 Å². The molecule has 2 aromatic carbocycles. The van der Waals surface area contributed by atoms with Crippen molar-refractivity contribution in [1.82, 2.24) is 0 Å². The molecule has 0 spiro atoms. The van der Waals surface area contributed by atoms with Gasteiger partial charge in [0.15, 0.2) is 22.7 Å². The topological polar surface area (TPSA) is 93.1 Å². The molecule has 0 unspecified atom stereocenters. The first-order chi connectivity index (χ1) is 11.8. The summed E-state index contributed by atoms with van der Waals surface area (Å²) in [6.07, 6.45) is -0.870. The summed E-state index contributed by atoms with van der Waals surface area (Å²) in [5, 5.41) is 19.8. The van der Waals surface area contributed by atoms with E-state index in [2.05, 4.69) is 0 Å². The van der Waals surface area contributed by atoms with Gasteiger partial charge in [-0.25, -0.2) is 0 Å². The van der Waals surface area contributed by atoms with Crippen molar-refractivity contribution in [2.75, 3.05) is 7.11 Å². The second-order valence-corrected chi connectivity index (χ2v) is 6.05. The van der Waals surface area contributed by atoms with E-state index in [9.17, 15) is 19.8 Å². The Labute approximate surface area is 144 Å². The number of Topliss-reactive ketones (excluding diaryl/α,β-unsaturated/α-hetero) is 1. The molecule has 0 radical (unpaired) electrons. The molecule has 3 rings (SSSR count). The lowest BCUT2D eigenvalue weighted by atomic mass is 9.68. The van der Waals surface area contributed by atoms with Crippen LogP contribution in [0.1, 0.15) is 28.4 Å². The van der Waals surface area contributed by atoms with Crippen molar-refractivity contribution in [2.24, 2.45) is 0 Å². The summed E-state index contributed by atoms with van der Waals surface area (Å²) < 4.78 is 10.8. The summed E-state index contributed by atoms with van der Waals surface area (Å²) in [6, 6.07) is 9.33. The third kappa shape index (κ3) is 2.25. The van der Waals surface area contributed by atoms with Crippen LogP contribution >= 0.6 is 0 Å². The van der Waals surface area contributed by atoms with E-state index in [4.69, 9.17) is 9.47 Å². The molecule has 2 N–H and O–H groups in total. The van der Waals surface area contributed by atoms with Crippen LogP contribution in [-0.4, -0.2) is 35.2 Å². The first-order valence-electron chi connectivity index (χ1n) is 7.76. The van der Waals surface area contributed by atoms with Crippen molar-refractivity contribution in [3.63, 3.8) is 0 Å². The van der Waals surface area contributed by atoms with E-state index in [-0.39, 0.29) is 16.9 Å². The third-order valence-corrected chi connectivity index (χ3v) is 4.65. The van der Waals surface area contributed by atoms with Crippen LogP contribution < -0.4 is 4.74 Å². The van der Waals surface area contributed by atoms with Crippen LogP contribution in [0.25, 0.3) is 0 Å². The number of ketones is 1. The highest BCUT2D eigenvalue weighted by atomic mass is 16.5. The number of aryl methyl sites for hydroxylation is 1. The standard InChI is InChI=1S/C19H18O6/c1-10-8-12(9-14(20)16(10)21)19(18(23)24-3)11(2)25-15-7-5-4-6-13(15)17(19)22/h4-9,11,20-21H,1-3H3/t11-,19-/m0/s1. The van der Waals surface area contributed by atoms with Crippen LogP contribution in [0.5, 0.6) is 17.2 Å². The van der Waals surface area contributed by atoms with Crippen molar-refractivity contribution in [3.8, 4) is 17.2 Å². The molecule has 0 bridgehead atoms. The number of carbonyl (C=O) groups excluding carboxylic acids is 2. The van der Waals surface area contributed by atoms with Crippen LogP contribution in [0.2, 0.25) is 0 Å². The molecular formula is C19H18O6. The maximum atomic E-state index is 13.3. The number of esters is 1. The van der Waals surface area contributed by atoms with E-state index in [0.717, 1.165) is 0 Å². The van der Waals surface area contributed by atoms with Gasteiger partial charge in [0, 0.05) is 0 Å². The Hall–Kier alpha value is -3.02. The number of para-hydroxylation sites is 1. The van der Waals surface area contributed by atoms with E-state index < -0.39 is 29.0 Å². The largest absolute Gasteiger partial charge is 0.504 e. The first-order valence-corrected chi connectivity index (χ1v) is 7.76. The molecule has 0 fully saturated rings. The van der Waals surface area contributed by atoms with E-state index >= 15 is 0 Å². The summed E-state index contributed by atoms with van der Waals surface area (Å²) in [6.45, 7) is 3.17. The molecule has 0 aromatic heterocycles. The second kappa shape index (κ2) is 5.81. The first kappa shape index (κ1) is 16.8. The Balaban J connectivity index is 2.32. The Bertz CT molecular complexity index is 849. The van der Waals surface area contributed by atoms with Gasteiger partial charge < -0.3 is 19.7 Å². The lowest BCUT2D eigenvalue weighted by Crippen LogP contribution is -2.57. The zero-order valence-electron chi connectivity index (χ0n) is 14.1. The molecule has 1 aliphatic rings. The van der Waals surface area contributed by atoms with Crippen molar-refractivity contribution in [2.45, 2.75) is 25.4 Å². The lowest BCUT2D eigenvalue weighted by Gasteiger charge is -2.39. The van der Waals surface area contributed by atoms with E-state index in [1.165, 1.54) is 19.2 Å². The summed E-state index contributed by atoms with van der Waals surface area (Å²) in [4.78, 5) is 26.1. The highest BCUT2D eigenvalue weighted by molar-refractivity contribution is 6.19. The molecule has 2 aromatic rings. The normalized spacial score (nSPS) is 22.0. The number of aromatic hydroxyl groups is 2. The average Bonchev–Trinajstić information content (AvgIpc) is 2.59. The van der Waals surface area contributed by atoms with Crippen LogP contribution in [0.15, 0.2) is 36.4 Å². The summed E-state index contributed by atoms with van der Waals surface area (Å²) >= 11 is 0. The van der Waals surface area contributed by atoms with E-state index in [1.807, 2.05) is 0 Å². The maximum absolute atomic E-state index is 13.3. The minimum absolute atomic E-state index is 0.208. The number of hydrogen-bond donors (Lipinski definition) is 2. The van der Waals surface area contributed by atoms with Gasteiger partial charge in [-0.15, -0.1) is 0 Å². The number of benzene rings is 2. The monoisotopic (exact) mass is 342 g/mol. The van der Waals surface area contributed by atoms with Crippen molar-refractivity contribution >= 4 is 11.8 Å². The van der Waals surface area contributed by atoms with Gasteiger partial charge in [0.2, 0.25) is 0 Å². The molecule has 0 amide bonds. The summed E-state index contributed by atoms with van der Waals surface area (Å²) in [5.41, 5.74) is -0.980. The van der Waals surface area contributed by atoms with Crippen LogP contribution in [0, 0.1) is 6.92 Å². The molecule has 25 heavy (non-hydrogen) atoms. The molecule has 1 heterocycles. The van der Waals surface area contributed by atoms with Gasteiger partial charge in [-0.1, -0.05) is 18.2 Å². The predicted octanol–water partition coefficient (Wildman–Crippen LogP) is 2.48. The zero-order valence-corrected chi connectivity index (χ0v) is 14.1. The molecular weight excluding hydrogens is 324 g/mol. The number of methoxy groups -OCH3 is 1. The van der Waals surface area contributed by atoms with E-state index in [1.54, 1.807) is 38.1 Å². The fourth-order valence-electron chi connectivity index (χ4n) is 3.32.